The van der Waals surface area contributed by atoms with Crippen LogP contribution in [-0.2, 0) is 4.79 Å². The molecule has 0 fully saturated rings. The van der Waals surface area contributed by atoms with Gasteiger partial charge in [-0.3, -0.25) is 4.79 Å². The first kappa shape index (κ1) is 11.3. The molecule has 0 aliphatic rings. The molecule has 14 heavy (non-hydrogen) atoms. The summed E-state index contributed by atoms with van der Waals surface area (Å²) < 4.78 is 0. The van der Waals surface area contributed by atoms with Crippen LogP contribution in [0, 0.1) is 0 Å². The molecule has 1 aromatic rings. The molecule has 76 valence electrons. The van der Waals surface area contributed by atoms with Crippen molar-refractivity contribution in [2.75, 3.05) is 5.75 Å². The summed E-state index contributed by atoms with van der Waals surface area (Å²) in [4.78, 5) is 14.6. The lowest BCUT2D eigenvalue weighted by molar-refractivity contribution is -0.118. The molecule has 0 aliphatic carbocycles. The van der Waals surface area contributed by atoms with Crippen LogP contribution in [0.2, 0.25) is 5.02 Å². The fourth-order valence-electron chi connectivity index (χ4n) is 0.705. The number of carbonyl (C=O) groups is 1. The van der Waals surface area contributed by atoms with E-state index in [1.807, 2.05) is 0 Å². The molecule has 1 unspecified atom stereocenters. The summed E-state index contributed by atoms with van der Waals surface area (Å²) >= 11 is 7.02. The van der Waals surface area contributed by atoms with Crippen LogP contribution in [-0.4, -0.2) is 22.7 Å². The molecular formula is C8H10ClN3OS. The van der Waals surface area contributed by atoms with Gasteiger partial charge in [0.15, 0.2) is 0 Å². The number of hydrogen-bond donors (Lipinski definition) is 2. The van der Waals surface area contributed by atoms with Gasteiger partial charge in [-0.15, -0.1) is 11.8 Å². The van der Waals surface area contributed by atoms with E-state index in [4.69, 9.17) is 23.1 Å². The summed E-state index contributed by atoms with van der Waals surface area (Å²) in [5.74, 6) is -0.0873. The predicted octanol–water partition coefficient (Wildman–Crippen LogP) is 0.640. The second kappa shape index (κ2) is 5.19. The highest BCUT2D eigenvalue weighted by Gasteiger charge is 2.09. The van der Waals surface area contributed by atoms with Crippen LogP contribution in [0.1, 0.15) is 0 Å². The average Bonchev–Trinajstić information content (AvgIpc) is 2.16. The van der Waals surface area contributed by atoms with E-state index in [2.05, 4.69) is 4.98 Å². The third-order valence-electron chi connectivity index (χ3n) is 1.48. The Labute approximate surface area is 91.0 Å². The van der Waals surface area contributed by atoms with Crippen molar-refractivity contribution in [3.05, 3.63) is 23.4 Å². The van der Waals surface area contributed by atoms with Gasteiger partial charge < -0.3 is 11.5 Å². The second-order valence-corrected chi connectivity index (χ2v) is 4.11. The Bertz CT molecular complexity index is 317. The lowest BCUT2D eigenvalue weighted by atomic mass is 10.3. The smallest absolute Gasteiger partial charge is 0.235 e. The summed E-state index contributed by atoms with van der Waals surface area (Å²) in [5, 5.41) is 1.35. The highest BCUT2D eigenvalue weighted by Crippen LogP contribution is 2.17. The number of pyridine rings is 1. The Morgan fingerprint density at radius 2 is 2.36 bits per heavy atom. The number of nitrogens with zero attached hydrogens (tertiary/aromatic N) is 1. The molecule has 1 heterocycles. The zero-order chi connectivity index (χ0) is 10.6. The minimum atomic E-state index is -0.641. The first-order valence-corrected chi connectivity index (χ1v) is 5.25. The van der Waals surface area contributed by atoms with E-state index in [0.29, 0.717) is 10.8 Å². The van der Waals surface area contributed by atoms with Crippen LogP contribution in [0.5, 0.6) is 0 Å². The van der Waals surface area contributed by atoms with Gasteiger partial charge in [-0.05, 0) is 12.1 Å². The summed E-state index contributed by atoms with van der Waals surface area (Å²) in [6.07, 6.45) is 1.54. The van der Waals surface area contributed by atoms with Gasteiger partial charge in [-0.1, -0.05) is 11.6 Å². The minimum Gasteiger partial charge on any atom is -0.368 e. The molecule has 0 bridgehead atoms. The molecule has 0 spiro atoms. The highest BCUT2D eigenvalue weighted by atomic mass is 35.5. The number of rotatable bonds is 4. The molecule has 1 atom stereocenters. The summed E-state index contributed by atoms with van der Waals surface area (Å²) in [6, 6.07) is 2.85. The number of nitrogens with two attached hydrogens (primary N) is 2. The van der Waals surface area contributed by atoms with Crippen LogP contribution in [0.25, 0.3) is 0 Å². The van der Waals surface area contributed by atoms with E-state index in [9.17, 15) is 4.79 Å². The molecule has 1 rings (SSSR count). The number of thioether (sulfide) groups is 1. The van der Waals surface area contributed by atoms with Crippen LogP contribution >= 0.6 is 23.4 Å². The fourth-order valence-corrected chi connectivity index (χ4v) is 1.62. The van der Waals surface area contributed by atoms with E-state index in [-0.39, 0.29) is 0 Å². The molecule has 0 saturated carbocycles. The number of halogens is 1. The van der Waals surface area contributed by atoms with Gasteiger partial charge in [-0.25, -0.2) is 4.98 Å². The zero-order valence-corrected chi connectivity index (χ0v) is 8.89. The van der Waals surface area contributed by atoms with Crippen LogP contribution < -0.4 is 11.5 Å². The highest BCUT2D eigenvalue weighted by molar-refractivity contribution is 7.99. The summed E-state index contributed by atoms with van der Waals surface area (Å²) in [7, 11) is 0. The standard InChI is InChI=1S/C8H10ClN3OS/c9-5-1-2-7(12-3-5)14-4-6(10)8(11)13/h1-3,6H,4,10H2,(H2,11,13). The average molecular weight is 232 g/mol. The van der Waals surface area contributed by atoms with Crippen molar-refractivity contribution in [3.63, 3.8) is 0 Å². The molecule has 4 N–H and O–H groups in total. The predicted molar refractivity (Wildman–Crippen MR) is 57.1 cm³/mol. The molecule has 1 amide bonds. The van der Waals surface area contributed by atoms with E-state index in [0.717, 1.165) is 5.03 Å². The minimum absolute atomic E-state index is 0.421. The maximum Gasteiger partial charge on any atom is 0.235 e. The molecule has 0 radical (unpaired) electrons. The molecule has 1 aromatic heterocycles. The number of primary amides is 1. The third-order valence-corrected chi connectivity index (χ3v) is 2.76. The van der Waals surface area contributed by atoms with Crippen molar-refractivity contribution in [1.82, 2.24) is 4.98 Å². The van der Waals surface area contributed by atoms with E-state index in [1.165, 1.54) is 11.8 Å². The first-order valence-electron chi connectivity index (χ1n) is 3.89. The molecule has 6 heteroatoms. The van der Waals surface area contributed by atoms with Crippen molar-refractivity contribution in [1.29, 1.82) is 0 Å². The lowest BCUT2D eigenvalue weighted by Gasteiger charge is -2.05. The van der Waals surface area contributed by atoms with Crippen LogP contribution in [0.4, 0.5) is 0 Å². The zero-order valence-electron chi connectivity index (χ0n) is 7.31. The van der Waals surface area contributed by atoms with Gasteiger partial charge in [0.05, 0.1) is 16.1 Å². The number of hydrogen-bond acceptors (Lipinski definition) is 4. The van der Waals surface area contributed by atoms with Gasteiger partial charge in [0.2, 0.25) is 5.91 Å². The quantitative estimate of drug-likeness (QED) is 0.745. The normalized spacial score (nSPS) is 12.4. The van der Waals surface area contributed by atoms with Crippen molar-refractivity contribution < 1.29 is 4.79 Å². The Morgan fingerprint density at radius 1 is 1.64 bits per heavy atom. The van der Waals surface area contributed by atoms with E-state index >= 15 is 0 Å². The van der Waals surface area contributed by atoms with Gasteiger partial charge in [0, 0.05) is 11.9 Å². The molecular weight excluding hydrogens is 222 g/mol. The number of carbonyl (C=O) groups excluding carboxylic acids is 1. The van der Waals surface area contributed by atoms with Crippen molar-refractivity contribution in [2.24, 2.45) is 11.5 Å². The Hall–Kier alpha value is -0.780. The largest absolute Gasteiger partial charge is 0.368 e. The van der Waals surface area contributed by atoms with E-state index < -0.39 is 11.9 Å². The molecule has 0 saturated heterocycles. The Balaban J connectivity index is 2.46. The maximum absolute atomic E-state index is 10.6. The maximum atomic E-state index is 10.6. The van der Waals surface area contributed by atoms with Gasteiger partial charge in [0.25, 0.3) is 0 Å². The number of aromatic nitrogens is 1. The molecule has 0 aliphatic heterocycles. The van der Waals surface area contributed by atoms with E-state index in [1.54, 1.807) is 18.3 Å². The van der Waals surface area contributed by atoms with Crippen molar-refractivity contribution in [3.8, 4) is 0 Å². The van der Waals surface area contributed by atoms with Crippen LogP contribution in [0.3, 0.4) is 0 Å². The van der Waals surface area contributed by atoms with Crippen molar-refractivity contribution in [2.45, 2.75) is 11.1 Å². The summed E-state index contributed by atoms with van der Waals surface area (Å²) in [5.41, 5.74) is 10.5. The first-order chi connectivity index (χ1) is 6.59. The lowest BCUT2D eigenvalue weighted by Crippen LogP contribution is -2.38. The Morgan fingerprint density at radius 3 is 2.86 bits per heavy atom. The number of amides is 1. The SMILES string of the molecule is NC(=O)C(N)CSc1ccc(Cl)cn1. The van der Waals surface area contributed by atoms with Gasteiger partial charge in [0.1, 0.15) is 0 Å². The second-order valence-electron chi connectivity index (χ2n) is 2.63. The van der Waals surface area contributed by atoms with Crippen molar-refractivity contribution >= 4 is 29.3 Å². The van der Waals surface area contributed by atoms with Gasteiger partial charge in [-0.2, -0.15) is 0 Å². The fraction of sp³-hybridized carbons (Fsp3) is 0.250. The van der Waals surface area contributed by atoms with Gasteiger partial charge >= 0.3 is 0 Å². The third kappa shape index (κ3) is 3.53. The summed E-state index contributed by atoms with van der Waals surface area (Å²) in [6.45, 7) is 0. The Kier molecular flexibility index (Phi) is 4.19. The molecule has 0 aromatic carbocycles. The van der Waals surface area contributed by atoms with Crippen LogP contribution in [0.15, 0.2) is 23.4 Å². The topological polar surface area (TPSA) is 82.0 Å². The molecule has 4 nitrogen and oxygen atoms in total. The monoisotopic (exact) mass is 231 g/mol.